The van der Waals surface area contributed by atoms with Gasteiger partial charge in [-0.25, -0.2) is 0 Å². The lowest BCUT2D eigenvalue weighted by Gasteiger charge is -2.33. The Morgan fingerprint density at radius 3 is 2.64 bits per heavy atom. The minimum atomic E-state index is 0.335. The van der Waals surface area contributed by atoms with Gasteiger partial charge < -0.3 is 20.3 Å². The van der Waals surface area contributed by atoms with E-state index in [2.05, 4.69) is 58.7 Å². The highest BCUT2D eigenvalue weighted by molar-refractivity contribution is 7.10. The molecule has 1 aliphatic rings. The van der Waals surface area contributed by atoms with Crippen LogP contribution in [0.5, 0.6) is 0 Å². The summed E-state index contributed by atoms with van der Waals surface area (Å²) in [7, 11) is 0. The van der Waals surface area contributed by atoms with Crippen LogP contribution in [0.25, 0.3) is 0 Å². The molecule has 0 amide bonds. The van der Waals surface area contributed by atoms with Crippen LogP contribution in [0, 0.1) is 0 Å². The fraction of sp³-hybridized carbons (Fsp3) is 0.762. The number of ether oxygens (including phenoxy) is 1. The van der Waals surface area contributed by atoms with E-state index in [-0.39, 0.29) is 0 Å². The fourth-order valence-corrected chi connectivity index (χ4v) is 4.33. The van der Waals surface area contributed by atoms with E-state index in [4.69, 9.17) is 9.73 Å². The lowest BCUT2D eigenvalue weighted by molar-refractivity contribution is 0.0186. The molecule has 0 spiro atoms. The molecule has 28 heavy (non-hydrogen) atoms. The van der Waals surface area contributed by atoms with E-state index in [0.29, 0.717) is 6.04 Å². The Hall–Kier alpha value is -1.15. The average molecular weight is 410 g/mol. The minimum Gasteiger partial charge on any atom is -0.379 e. The quantitative estimate of drug-likeness (QED) is 0.316. The Bertz CT molecular complexity index is 527. The third-order valence-electron chi connectivity index (χ3n) is 5.21. The molecule has 1 unspecified atom stereocenters. The second-order valence-corrected chi connectivity index (χ2v) is 8.04. The molecule has 0 aliphatic carbocycles. The van der Waals surface area contributed by atoms with Crippen LogP contribution in [0.15, 0.2) is 22.5 Å². The summed E-state index contributed by atoms with van der Waals surface area (Å²) in [6.45, 7) is 16.3. The third-order valence-corrected chi connectivity index (χ3v) is 6.19. The van der Waals surface area contributed by atoms with Crippen LogP contribution in [0.3, 0.4) is 0 Å². The summed E-state index contributed by atoms with van der Waals surface area (Å²) in [6, 6.07) is 4.70. The molecule has 1 atom stereocenters. The molecular weight excluding hydrogens is 370 g/mol. The molecule has 2 heterocycles. The van der Waals surface area contributed by atoms with Crippen molar-refractivity contribution in [2.24, 2.45) is 4.99 Å². The lowest BCUT2D eigenvalue weighted by Crippen LogP contribution is -2.41. The van der Waals surface area contributed by atoms with Gasteiger partial charge in [0.2, 0.25) is 0 Å². The number of nitrogens with zero attached hydrogens (tertiary/aromatic N) is 3. The van der Waals surface area contributed by atoms with Crippen LogP contribution in [-0.2, 0) is 4.74 Å². The van der Waals surface area contributed by atoms with E-state index in [1.54, 1.807) is 0 Å². The van der Waals surface area contributed by atoms with Gasteiger partial charge in [0, 0.05) is 31.1 Å². The first-order valence-corrected chi connectivity index (χ1v) is 11.8. The molecule has 2 rings (SSSR count). The van der Waals surface area contributed by atoms with Crippen molar-refractivity contribution in [3.8, 4) is 0 Å². The second-order valence-electron chi connectivity index (χ2n) is 7.06. The molecule has 0 bridgehead atoms. The normalized spacial score (nSPS) is 17.1. The number of thiophene rings is 1. The van der Waals surface area contributed by atoms with Gasteiger partial charge in [0.1, 0.15) is 0 Å². The summed E-state index contributed by atoms with van der Waals surface area (Å²) in [5.74, 6) is 0.931. The first-order chi connectivity index (χ1) is 13.8. The van der Waals surface area contributed by atoms with Gasteiger partial charge in [-0.1, -0.05) is 19.9 Å². The molecule has 0 radical (unpaired) electrons. The van der Waals surface area contributed by atoms with E-state index < -0.39 is 0 Å². The summed E-state index contributed by atoms with van der Waals surface area (Å²) in [4.78, 5) is 11.3. The Kier molecular flexibility index (Phi) is 11.5. The van der Waals surface area contributed by atoms with Crippen molar-refractivity contribution in [3.63, 3.8) is 0 Å². The SMILES string of the molecule is CCNC(=NCC(c1cccs1)N1CCOCC1)NCCCCN(CC)CC. The van der Waals surface area contributed by atoms with Crippen LogP contribution < -0.4 is 10.6 Å². The minimum absolute atomic E-state index is 0.335. The van der Waals surface area contributed by atoms with Crippen molar-refractivity contribution in [2.45, 2.75) is 39.7 Å². The van der Waals surface area contributed by atoms with Gasteiger partial charge in [-0.15, -0.1) is 11.3 Å². The van der Waals surface area contributed by atoms with Crippen molar-refractivity contribution < 1.29 is 4.74 Å². The molecule has 1 aliphatic heterocycles. The van der Waals surface area contributed by atoms with E-state index in [1.165, 1.54) is 24.3 Å². The predicted molar refractivity (Wildman–Crippen MR) is 120 cm³/mol. The highest BCUT2D eigenvalue weighted by atomic mass is 32.1. The number of aliphatic imine (C=N–C) groups is 1. The van der Waals surface area contributed by atoms with Crippen molar-refractivity contribution in [1.82, 2.24) is 20.4 Å². The molecular formula is C21H39N5OS. The molecule has 160 valence electrons. The fourth-order valence-electron chi connectivity index (χ4n) is 3.48. The van der Waals surface area contributed by atoms with E-state index in [0.717, 1.165) is 65.0 Å². The Labute approximate surface area is 175 Å². The first kappa shape index (κ1) is 23.1. The van der Waals surface area contributed by atoms with Gasteiger partial charge in [0.05, 0.1) is 25.8 Å². The number of guanidine groups is 1. The zero-order chi connectivity index (χ0) is 20.0. The highest BCUT2D eigenvalue weighted by Crippen LogP contribution is 2.26. The van der Waals surface area contributed by atoms with Gasteiger partial charge in [-0.3, -0.25) is 9.89 Å². The van der Waals surface area contributed by atoms with Crippen molar-refractivity contribution in [3.05, 3.63) is 22.4 Å². The van der Waals surface area contributed by atoms with E-state index in [9.17, 15) is 0 Å². The zero-order valence-electron chi connectivity index (χ0n) is 18.0. The maximum absolute atomic E-state index is 5.54. The Balaban J connectivity index is 1.85. The van der Waals surface area contributed by atoms with Crippen LogP contribution in [0.1, 0.15) is 44.5 Å². The molecule has 1 saturated heterocycles. The number of rotatable bonds is 12. The predicted octanol–water partition coefficient (Wildman–Crippen LogP) is 2.80. The van der Waals surface area contributed by atoms with Gasteiger partial charge in [-0.2, -0.15) is 0 Å². The summed E-state index contributed by atoms with van der Waals surface area (Å²) >= 11 is 1.82. The van der Waals surface area contributed by atoms with Crippen LogP contribution in [0.2, 0.25) is 0 Å². The largest absolute Gasteiger partial charge is 0.379 e. The topological polar surface area (TPSA) is 52.1 Å². The molecule has 7 heteroatoms. The third kappa shape index (κ3) is 8.07. The second kappa shape index (κ2) is 13.9. The summed E-state index contributed by atoms with van der Waals surface area (Å²) < 4.78 is 5.54. The number of morpholine rings is 1. The molecule has 1 aromatic heterocycles. The standard InChI is InChI=1S/C21H39N5OS/c1-4-22-21(23-11-7-8-12-25(5-2)6-3)24-18-19(20-10-9-17-28-20)26-13-15-27-16-14-26/h9-10,17,19H,4-8,11-16,18H2,1-3H3,(H2,22,23,24). The molecule has 0 aromatic carbocycles. The lowest BCUT2D eigenvalue weighted by atomic mass is 10.2. The zero-order valence-corrected chi connectivity index (χ0v) is 18.8. The molecule has 6 nitrogen and oxygen atoms in total. The average Bonchev–Trinajstić information content (AvgIpc) is 3.26. The van der Waals surface area contributed by atoms with Crippen molar-refractivity contribution in [2.75, 3.05) is 65.6 Å². The molecule has 2 N–H and O–H groups in total. The van der Waals surface area contributed by atoms with E-state index >= 15 is 0 Å². The van der Waals surface area contributed by atoms with Crippen LogP contribution in [-0.4, -0.2) is 81.3 Å². The number of nitrogens with one attached hydrogen (secondary N) is 2. The maximum atomic E-state index is 5.54. The van der Waals surface area contributed by atoms with Gasteiger partial charge in [-0.05, 0) is 50.8 Å². The Morgan fingerprint density at radius 2 is 2.00 bits per heavy atom. The Morgan fingerprint density at radius 1 is 1.21 bits per heavy atom. The van der Waals surface area contributed by atoms with Crippen LogP contribution in [0.4, 0.5) is 0 Å². The molecule has 1 fully saturated rings. The number of hydrogen-bond donors (Lipinski definition) is 2. The van der Waals surface area contributed by atoms with Gasteiger partial charge >= 0.3 is 0 Å². The van der Waals surface area contributed by atoms with Crippen LogP contribution >= 0.6 is 11.3 Å². The summed E-state index contributed by atoms with van der Waals surface area (Å²) in [6.07, 6.45) is 2.39. The smallest absolute Gasteiger partial charge is 0.191 e. The highest BCUT2D eigenvalue weighted by Gasteiger charge is 2.23. The molecule has 1 aromatic rings. The van der Waals surface area contributed by atoms with E-state index in [1.807, 2.05) is 11.3 Å². The summed E-state index contributed by atoms with van der Waals surface area (Å²) in [5.41, 5.74) is 0. The number of hydrogen-bond acceptors (Lipinski definition) is 5. The number of unbranched alkanes of at least 4 members (excludes halogenated alkanes) is 1. The monoisotopic (exact) mass is 409 g/mol. The summed E-state index contributed by atoms with van der Waals surface area (Å²) in [5, 5.41) is 9.07. The van der Waals surface area contributed by atoms with Crippen molar-refractivity contribution in [1.29, 1.82) is 0 Å². The van der Waals surface area contributed by atoms with Gasteiger partial charge in [0.25, 0.3) is 0 Å². The molecule has 0 saturated carbocycles. The van der Waals surface area contributed by atoms with Gasteiger partial charge in [0.15, 0.2) is 5.96 Å². The van der Waals surface area contributed by atoms with Crippen molar-refractivity contribution >= 4 is 17.3 Å². The first-order valence-electron chi connectivity index (χ1n) is 10.9. The maximum Gasteiger partial charge on any atom is 0.191 e.